The van der Waals surface area contributed by atoms with E-state index in [2.05, 4.69) is 25.6 Å². The molecule has 0 unspecified atom stereocenters. The molecule has 8 nitrogen and oxygen atoms in total. The highest BCUT2D eigenvalue weighted by molar-refractivity contribution is 5.87. The summed E-state index contributed by atoms with van der Waals surface area (Å²) in [6.07, 6.45) is -2.80. The molecule has 5 aromatic rings. The van der Waals surface area contributed by atoms with Crippen molar-refractivity contribution in [3.63, 3.8) is 0 Å². The van der Waals surface area contributed by atoms with Gasteiger partial charge in [-0.3, -0.25) is 0 Å². The van der Waals surface area contributed by atoms with Crippen molar-refractivity contribution in [2.45, 2.75) is 12.7 Å². The first-order valence-electron chi connectivity index (χ1n) is 11.3. The van der Waals surface area contributed by atoms with Crippen molar-refractivity contribution in [3.8, 4) is 11.5 Å². The summed E-state index contributed by atoms with van der Waals surface area (Å²) in [5.74, 6) is 2.06. The molecule has 0 spiro atoms. The Bertz CT molecular complexity index is 1570. The molecule has 6 rings (SSSR count). The van der Waals surface area contributed by atoms with E-state index in [1.807, 2.05) is 36.4 Å². The summed E-state index contributed by atoms with van der Waals surface area (Å²) >= 11 is 0. The Balaban J connectivity index is 1.37. The monoisotopic (exact) mass is 504 g/mol. The van der Waals surface area contributed by atoms with Crippen molar-refractivity contribution >= 4 is 34.3 Å². The van der Waals surface area contributed by atoms with Crippen LogP contribution in [0.3, 0.4) is 0 Å². The first-order valence-corrected chi connectivity index (χ1v) is 11.3. The number of hydrogen-bond donors (Lipinski definition) is 2. The topological polar surface area (TPSA) is 86.1 Å². The van der Waals surface area contributed by atoms with E-state index in [1.54, 1.807) is 23.0 Å². The van der Waals surface area contributed by atoms with Gasteiger partial charge < -0.3 is 24.7 Å². The first-order chi connectivity index (χ1) is 17.9. The van der Waals surface area contributed by atoms with Crippen LogP contribution < -0.4 is 20.1 Å². The van der Waals surface area contributed by atoms with Crippen molar-refractivity contribution in [3.05, 3.63) is 90.3 Å². The first kappa shape index (κ1) is 22.7. The number of hydrogen-bond acceptors (Lipinski definition) is 7. The van der Waals surface area contributed by atoms with Crippen LogP contribution in [0, 0.1) is 0 Å². The molecule has 186 valence electrons. The molecule has 1 aliphatic heterocycles. The maximum Gasteiger partial charge on any atom is 0.416 e. The molecule has 3 heterocycles. The second kappa shape index (κ2) is 9.01. The Hall–Kier alpha value is -4.80. The number of ether oxygens (including phenoxy) is 2. The summed E-state index contributed by atoms with van der Waals surface area (Å²) in [4.78, 5) is 13.8. The number of alkyl halides is 3. The molecule has 1 aliphatic rings. The van der Waals surface area contributed by atoms with Crippen LogP contribution in [0.2, 0.25) is 0 Å². The molecule has 2 aromatic heterocycles. The van der Waals surface area contributed by atoms with Crippen LogP contribution in [0.5, 0.6) is 11.5 Å². The maximum absolute atomic E-state index is 13.0. The van der Waals surface area contributed by atoms with Gasteiger partial charge in [0, 0.05) is 17.4 Å². The van der Waals surface area contributed by atoms with Crippen LogP contribution in [-0.2, 0) is 12.7 Å². The summed E-state index contributed by atoms with van der Waals surface area (Å²) < 4.78 is 51.5. The van der Waals surface area contributed by atoms with Gasteiger partial charge in [-0.1, -0.05) is 30.3 Å². The maximum atomic E-state index is 13.0. The van der Waals surface area contributed by atoms with E-state index in [-0.39, 0.29) is 13.3 Å². The molecule has 37 heavy (non-hydrogen) atoms. The normalized spacial score (nSPS) is 12.6. The van der Waals surface area contributed by atoms with Gasteiger partial charge in [0.15, 0.2) is 28.5 Å². The third-order valence-corrected chi connectivity index (χ3v) is 5.76. The number of fused-ring (bicyclic) bond motifs is 2. The number of nitrogens with zero attached hydrogens (tertiary/aromatic N) is 4. The number of rotatable bonds is 6. The molecule has 0 saturated heterocycles. The Kier molecular flexibility index (Phi) is 5.52. The standard InChI is InChI=1S/C26H19F3N6O2/c27-26(28,29)17-8-6-16(7-9-17)13-35-14-30-22-23(31-19-10-11-20-21(12-19)37-15-36-20)33-25(34-24(22)35)32-18-4-2-1-3-5-18/h1-12,14H,13,15H2,(H2,31,32,33,34). The zero-order valence-corrected chi connectivity index (χ0v) is 19.2. The SMILES string of the molecule is FC(F)(F)c1ccc(Cn2cnc3c(Nc4ccc5c(c4)OCO5)nc(Nc4ccccc4)nc32)cc1. The Morgan fingerprint density at radius 2 is 1.62 bits per heavy atom. The van der Waals surface area contributed by atoms with E-state index in [4.69, 9.17) is 9.47 Å². The highest BCUT2D eigenvalue weighted by Gasteiger charge is 2.30. The molecule has 0 radical (unpaired) electrons. The second-order valence-electron chi connectivity index (χ2n) is 8.32. The molecular weight excluding hydrogens is 485 g/mol. The van der Waals surface area contributed by atoms with Gasteiger partial charge in [0.2, 0.25) is 12.7 Å². The Morgan fingerprint density at radius 3 is 2.41 bits per heavy atom. The summed E-state index contributed by atoms with van der Waals surface area (Å²) in [6, 6.07) is 19.9. The lowest BCUT2D eigenvalue weighted by atomic mass is 10.1. The van der Waals surface area contributed by atoms with Crippen LogP contribution in [0.1, 0.15) is 11.1 Å². The fraction of sp³-hybridized carbons (Fsp3) is 0.115. The van der Waals surface area contributed by atoms with E-state index < -0.39 is 11.7 Å². The lowest BCUT2D eigenvalue weighted by Crippen LogP contribution is -2.06. The van der Waals surface area contributed by atoms with Gasteiger partial charge in [0.1, 0.15) is 0 Å². The molecule has 11 heteroatoms. The minimum atomic E-state index is -4.39. The zero-order valence-electron chi connectivity index (χ0n) is 19.2. The summed E-state index contributed by atoms with van der Waals surface area (Å²) in [6.45, 7) is 0.440. The van der Waals surface area contributed by atoms with Crippen LogP contribution in [-0.4, -0.2) is 26.3 Å². The van der Waals surface area contributed by atoms with E-state index in [0.29, 0.717) is 45.7 Å². The number of aromatic nitrogens is 4. The van der Waals surface area contributed by atoms with E-state index in [9.17, 15) is 13.2 Å². The lowest BCUT2D eigenvalue weighted by Gasteiger charge is -2.12. The van der Waals surface area contributed by atoms with Gasteiger partial charge in [-0.25, -0.2) is 4.98 Å². The third kappa shape index (κ3) is 4.70. The third-order valence-electron chi connectivity index (χ3n) is 5.76. The van der Waals surface area contributed by atoms with Crippen molar-refractivity contribution in [1.82, 2.24) is 19.5 Å². The number of halogens is 3. The predicted molar refractivity (Wildman–Crippen MR) is 131 cm³/mol. The fourth-order valence-electron chi connectivity index (χ4n) is 3.96. The van der Waals surface area contributed by atoms with Crippen molar-refractivity contribution in [2.75, 3.05) is 17.4 Å². The number of anilines is 4. The molecule has 0 fully saturated rings. The molecule has 0 atom stereocenters. The summed E-state index contributed by atoms with van der Waals surface area (Å²) in [5.41, 5.74) is 2.50. The van der Waals surface area contributed by atoms with Gasteiger partial charge in [-0.15, -0.1) is 0 Å². The van der Waals surface area contributed by atoms with Crippen LogP contribution in [0.4, 0.5) is 36.3 Å². The number of para-hydroxylation sites is 1. The van der Waals surface area contributed by atoms with Gasteiger partial charge in [-0.05, 0) is 42.0 Å². The van der Waals surface area contributed by atoms with Crippen LogP contribution in [0.25, 0.3) is 11.2 Å². The van der Waals surface area contributed by atoms with Crippen molar-refractivity contribution in [1.29, 1.82) is 0 Å². The molecule has 3 aromatic carbocycles. The Morgan fingerprint density at radius 1 is 0.838 bits per heavy atom. The average molecular weight is 504 g/mol. The highest BCUT2D eigenvalue weighted by Crippen LogP contribution is 2.36. The average Bonchev–Trinajstić information content (AvgIpc) is 3.51. The summed E-state index contributed by atoms with van der Waals surface area (Å²) in [7, 11) is 0. The van der Waals surface area contributed by atoms with Gasteiger partial charge in [0.05, 0.1) is 18.4 Å². The fourth-order valence-corrected chi connectivity index (χ4v) is 3.96. The van der Waals surface area contributed by atoms with Crippen molar-refractivity contribution in [2.24, 2.45) is 0 Å². The predicted octanol–water partition coefficient (Wildman–Crippen LogP) is 6.11. The van der Waals surface area contributed by atoms with Crippen molar-refractivity contribution < 1.29 is 22.6 Å². The van der Waals surface area contributed by atoms with E-state index in [0.717, 1.165) is 17.8 Å². The number of benzene rings is 3. The number of nitrogens with one attached hydrogen (secondary N) is 2. The molecule has 0 amide bonds. The summed E-state index contributed by atoms with van der Waals surface area (Å²) in [5, 5.41) is 6.47. The lowest BCUT2D eigenvalue weighted by molar-refractivity contribution is -0.137. The second-order valence-corrected chi connectivity index (χ2v) is 8.32. The molecule has 0 bridgehead atoms. The molecule has 2 N–H and O–H groups in total. The molecule has 0 aliphatic carbocycles. The number of imidazole rings is 1. The van der Waals surface area contributed by atoms with Crippen LogP contribution in [0.15, 0.2) is 79.1 Å². The minimum absolute atomic E-state index is 0.163. The van der Waals surface area contributed by atoms with Crippen LogP contribution >= 0.6 is 0 Å². The quantitative estimate of drug-likeness (QED) is 0.289. The highest BCUT2D eigenvalue weighted by atomic mass is 19.4. The van der Waals surface area contributed by atoms with Gasteiger partial charge >= 0.3 is 6.18 Å². The Labute approximate surface area is 208 Å². The van der Waals surface area contributed by atoms with E-state index in [1.165, 1.54) is 12.1 Å². The molecule has 0 saturated carbocycles. The zero-order chi connectivity index (χ0) is 25.4. The largest absolute Gasteiger partial charge is 0.454 e. The molecular formula is C26H19F3N6O2. The van der Waals surface area contributed by atoms with E-state index >= 15 is 0 Å². The van der Waals surface area contributed by atoms with Gasteiger partial charge in [0.25, 0.3) is 0 Å². The smallest absolute Gasteiger partial charge is 0.416 e. The minimum Gasteiger partial charge on any atom is -0.454 e. The van der Waals surface area contributed by atoms with Gasteiger partial charge in [-0.2, -0.15) is 23.1 Å².